The maximum atomic E-state index is 13.9. The first-order chi connectivity index (χ1) is 7.35. The Morgan fingerprint density at radius 1 is 1.25 bits per heavy atom. The van der Waals surface area contributed by atoms with E-state index in [2.05, 4.69) is 13.8 Å². The van der Waals surface area contributed by atoms with Crippen LogP contribution in [0.5, 0.6) is 0 Å². The number of halogens is 2. The molecular formula is C8H15ClFO5P. The molecule has 0 bridgehead atoms. The highest BCUT2D eigenvalue weighted by atomic mass is 35.5. The fourth-order valence-electron chi connectivity index (χ4n) is 0.869. The van der Waals surface area contributed by atoms with Crippen molar-refractivity contribution in [3.05, 3.63) is 0 Å². The van der Waals surface area contributed by atoms with Gasteiger partial charge in [-0.2, -0.15) is 4.39 Å². The molecule has 5 nitrogen and oxygen atoms in total. The molecule has 0 aromatic rings. The standard InChI is InChI=1S/C8H15ClFO5P/c1-4-13-7(11)8(9,10)16(12,14-5-2)15-6-3/h4-6H2,1-3H3. The zero-order valence-electron chi connectivity index (χ0n) is 9.37. The Balaban J connectivity index is 5.02. The van der Waals surface area contributed by atoms with Gasteiger partial charge < -0.3 is 13.8 Å². The molecule has 1 atom stereocenters. The summed E-state index contributed by atoms with van der Waals surface area (Å²) < 4.78 is 39.4. The van der Waals surface area contributed by atoms with E-state index in [4.69, 9.17) is 11.6 Å². The first kappa shape index (κ1) is 15.8. The van der Waals surface area contributed by atoms with Gasteiger partial charge in [0.15, 0.2) is 0 Å². The van der Waals surface area contributed by atoms with Crippen LogP contribution >= 0.6 is 19.2 Å². The van der Waals surface area contributed by atoms with Crippen LogP contribution < -0.4 is 0 Å². The molecule has 0 aliphatic heterocycles. The third-order valence-corrected chi connectivity index (χ3v) is 4.31. The maximum absolute atomic E-state index is 13.9. The van der Waals surface area contributed by atoms with Crippen LogP contribution in [-0.4, -0.2) is 30.7 Å². The number of carbonyl (C=O) groups is 1. The van der Waals surface area contributed by atoms with Crippen LogP contribution in [0.1, 0.15) is 20.8 Å². The molecule has 0 fully saturated rings. The minimum Gasteiger partial charge on any atom is -0.462 e. The van der Waals surface area contributed by atoms with Crippen molar-refractivity contribution < 1.29 is 27.5 Å². The van der Waals surface area contributed by atoms with Crippen molar-refractivity contribution in [1.29, 1.82) is 0 Å². The van der Waals surface area contributed by atoms with Crippen molar-refractivity contribution in [1.82, 2.24) is 0 Å². The number of alkyl halides is 2. The van der Waals surface area contributed by atoms with Crippen molar-refractivity contribution in [2.45, 2.75) is 25.6 Å². The van der Waals surface area contributed by atoms with Gasteiger partial charge in [-0.3, -0.25) is 4.57 Å². The molecule has 0 rings (SSSR count). The normalized spacial score (nSPS) is 15.6. The summed E-state index contributed by atoms with van der Waals surface area (Å²) in [6, 6.07) is 0. The third kappa shape index (κ3) is 3.42. The Morgan fingerprint density at radius 3 is 2.00 bits per heavy atom. The minimum atomic E-state index is -4.38. The lowest BCUT2D eigenvalue weighted by molar-refractivity contribution is -0.148. The van der Waals surface area contributed by atoms with E-state index in [1.807, 2.05) is 0 Å². The molecule has 0 N–H and O–H groups in total. The van der Waals surface area contributed by atoms with E-state index < -0.39 is 18.4 Å². The van der Waals surface area contributed by atoms with Crippen molar-refractivity contribution in [3.8, 4) is 0 Å². The largest absolute Gasteiger partial charge is 0.462 e. The zero-order chi connectivity index (χ0) is 12.8. The van der Waals surface area contributed by atoms with Crippen molar-refractivity contribution >= 4 is 25.2 Å². The molecule has 96 valence electrons. The predicted molar refractivity (Wildman–Crippen MR) is 57.2 cm³/mol. The van der Waals surface area contributed by atoms with Crippen LogP contribution in [0.4, 0.5) is 4.39 Å². The van der Waals surface area contributed by atoms with Crippen LogP contribution in [0.25, 0.3) is 0 Å². The van der Waals surface area contributed by atoms with Crippen LogP contribution in [0.15, 0.2) is 0 Å². The van der Waals surface area contributed by atoms with E-state index >= 15 is 0 Å². The summed E-state index contributed by atoms with van der Waals surface area (Å²) >= 11 is 5.28. The summed E-state index contributed by atoms with van der Waals surface area (Å²) in [6.07, 6.45) is 0. The molecule has 0 heterocycles. The molecule has 0 spiro atoms. The molecule has 0 amide bonds. The first-order valence-corrected chi connectivity index (χ1v) is 6.72. The second-order valence-electron chi connectivity index (χ2n) is 2.59. The summed E-state index contributed by atoms with van der Waals surface area (Å²) in [5.41, 5.74) is 0. The van der Waals surface area contributed by atoms with Gasteiger partial charge >= 0.3 is 18.4 Å². The zero-order valence-corrected chi connectivity index (χ0v) is 11.0. The Labute approximate surface area is 98.7 Å². The lowest BCUT2D eigenvalue weighted by atomic mass is 10.7. The van der Waals surface area contributed by atoms with Crippen molar-refractivity contribution in [2.75, 3.05) is 19.8 Å². The monoisotopic (exact) mass is 276 g/mol. The number of rotatable bonds is 7. The third-order valence-electron chi connectivity index (χ3n) is 1.46. The van der Waals surface area contributed by atoms with Gasteiger partial charge in [0, 0.05) is 0 Å². The highest BCUT2D eigenvalue weighted by molar-refractivity contribution is 7.58. The van der Waals surface area contributed by atoms with Gasteiger partial charge in [0.1, 0.15) is 0 Å². The fourth-order valence-corrected chi connectivity index (χ4v) is 2.58. The highest BCUT2D eigenvalue weighted by Crippen LogP contribution is 2.63. The fraction of sp³-hybridized carbons (Fsp3) is 0.875. The Morgan fingerprint density at radius 2 is 1.69 bits per heavy atom. The molecule has 0 saturated carbocycles. The lowest BCUT2D eigenvalue weighted by Crippen LogP contribution is -2.31. The van der Waals surface area contributed by atoms with Crippen molar-refractivity contribution in [2.24, 2.45) is 0 Å². The SMILES string of the molecule is CCOC(=O)C(F)(Cl)P(=O)(OCC)OCC. The maximum Gasteiger partial charge on any atom is 0.394 e. The summed E-state index contributed by atoms with van der Waals surface area (Å²) in [5.74, 6) is -1.47. The number of hydrogen-bond acceptors (Lipinski definition) is 5. The summed E-state index contributed by atoms with van der Waals surface area (Å²) in [4.78, 5) is 7.89. The number of carbonyl (C=O) groups excluding carboxylic acids is 1. The molecule has 8 heteroatoms. The molecule has 0 aromatic carbocycles. The second-order valence-corrected chi connectivity index (χ2v) is 5.51. The predicted octanol–water partition coefficient (Wildman–Crippen LogP) is 2.68. The smallest absolute Gasteiger partial charge is 0.394 e. The molecule has 0 aliphatic carbocycles. The molecule has 16 heavy (non-hydrogen) atoms. The number of hydrogen-bond donors (Lipinski definition) is 0. The average molecular weight is 277 g/mol. The molecule has 0 aromatic heterocycles. The van der Waals surface area contributed by atoms with Crippen LogP contribution in [0.2, 0.25) is 0 Å². The summed E-state index contributed by atoms with van der Waals surface area (Å²) in [5, 5.41) is 0. The van der Waals surface area contributed by atoms with Gasteiger partial charge in [-0.25, -0.2) is 4.79 Å². The van der Waals surface area contributed by atoms with E-state index in [0.29, 0.717) is 0 Å². The number of ether oxygens (including phenoxy) is 1. The Kier molecular flexibility index (Phi) is 6.48. The lowest BCUT2D eigenvalue weighted by Gasteiger charge is -2.24. The second kappa shape index (κ2) is 6.55. The van der Waals surface area contributed by atoms with Gasteiger partial charge in [-0.15, -0.1) is 0 Å². The van der Waals surface area contributed by atoms with E-state index in [1.54, 1.807) is 0 Å². The van der Waals surface area contributed by atoms with Gasteiger partial charge in [-0.05, 0) is 20.8 Å². The van der Waals surface area contributed by atoms with E-state index in [1.165, 1.54) is 20.8 Å². The van der Waals surface area contributed by atoms with E-state index in [9.17, 15) is 13.8 Å². The molecular weight excluding hydrogens is 262 g/mol. The van der Waals surface area contributed by atoms with Crippen molar-refractivity contribution in [3.63, 3.8) is 0 Å². The first-order valence-electron chi connectivity index (χ1n) is 4.79. The highest BCUT2D eigenvalue weighted by Gasteiger charge is 2.58. The van der Waals surface area contributed by atoms with Crippen LogP contribution in [-0.2, 0) is 23.1 Å². The van der Waals surface area contributed by atoms with Crippen LogP contribution in [0.3, 0.4) is 0 Å². The molecule has 0 radical (unpaired) electrons. The quantitative estimate of drug-likeness (QED) is 0.406. The van der Waals surface area contributed by atoms with Gasteiger partial charge in [0.05, 0.1) is 19.8 Å². The van der Waals surface area contributed by atoms with Gasteiger partial charge in [0.25, 0.3) is 0 Å². The Hall–Kier alpha value is -0.160. The average Bonchev–Trinajstić information content (AvgIpc) is 2.18. The van der Waals surface area contributed by atoms with Gasteiger partial charge in [-0.1, -0.05) is 11.6 Å². The summed E-state index contributed by atoms with van der Waals surface area (Å²) in [7, 11) is -4.38. The minimum absolute atomic E-state index is 0.0878. The topological polar surface area (TPSA) is 61.8 Å². The van der Waals surface area contributed by atoms with Gasteiger partial charge in [0.2, 0.25) is 0 Å². The number of esters is 1. The van der Waals surface area contributed by atoms with Crippen LogP contribution in [0, 0.1) is 0 Å². The Bertz CT molecular complexity index is 274. The molecule has 1 unspecified atom stereocenters. The van der Waals surface area contributed by atoms with E-state index in [0.717, 1.165) is 0 Å². The van der Waals surface area contributed by atoms with E-state index in [-0.39, 0.29) is 19.8 Å². The summed E-state index contributed by atoms with van der Waals surface area (Å²) in [6.45, 7) is 4.13. The molecule has 0 saturated heterocycles. The molecule has 0 aliphatic rings.